The SMILES string of the molecule is COC(=O)c1cccc(NC(=O)COC(=O)Cc2nc3nc(C)cc(C)n3n2)c1. The van der Waals surface area contributed by atoms with Gasteiger partial charge in [-0.25, -0.2) is 14.3 Å². The molecule has 3 rings (SSSR count). The molecule has 0 spiro atoms. The van der Waals surface area contributed by atoms with Crippen LogP contribution in [0.4, 0.5) is 5.69 Å². The van der Waals surface area contributed by atoms with E-state index in [-0.39, 0.29) is 12.2 Å². The summed E-state index contributed by atoms with van der Waals surface area (Å²) in [7, 11) is 1.27. The van der Waals surface area contributed by atoms with E-state index in [0.717, 1.165) is 11.4 Å². The van der Waals surface area contributed by atoms with Crippen LogP contribution in [-0.4, -0.2) is 51.1 Å². The van der Waals surface area contributed by atoms with Crippen LogP contribution >= 0.6 is 0 Å². The number of nitrogens with one attached hydrogen (secondary N) is 1. The first kappa shape index (κ1) is 19.9. The second-order valence-electron chi connectivity index (χ2n) is 6.24. The molecule has 0 aliphatic heterocycles. The molecule has 0 bridgehead atoms. The highest BCUT2D eigenvalue weighted by molar-refractivity contribution is 5.95. The van der Waals surface area contributed by atoms with E-state index in [1.54, 1.807) is 18.2 Å². The van der Waals surface area contributed by atoms with Crippen LogP contribution < -0.4 is 5.32 Å². The number of nitrogens with zero attached hydrogens (tertiary/aromatic N) is 4. The Morgan fingerprint density at radius 1 is 1.14 bits per heavy atom. The Balaban J connectivity index is 1.55. The number of carbonyl (C=O) groups excluding carboxylic acids is 3. The number of aromatic nitrogens is 4. The minimum atomic E-state index is -0.645. The number of esters is 2. The molecular weight excluding hydrogens is 378 g/mol. The summed E-state index contributed by atoms with van der Waals surface area (Å²) in [5, 5.41) is 6.77. The Labute approximate surface area is 165 Å². The van der Waals surface area contributed by atoms with E-state index in [4.69, 9.17) is 4.74 Å². The molecule has 10 heteroatoms. The Hall–Kier alpha value is -3.82. The predicted molar refractivity (Wildman–Crippen MR) is 101 cm³/mol. The van der Waals surface area contributed by atoms with Crippen molar-refractivity contribution in [2.24, 2.45) is 0 Å². The van der Waals surface area contributed by atoms with Gasteiger partial charge in [-0.15, -0.1) is 5.10 Å². The summed E-state index contributed by atoms with van der Waals surface area (Å²) in [4.78, 5) is 44.0. The molecule has 1 N–H and O–H groups in total. The van der Waals surface area contributed by atoms with Gasteiger partial charge in [0.1, 0.15) is 6.42 Å². The molecule has 0 unspecified atom stereocenters. The second kappa shape index (κ2) is 8.46. The van der Waals surface area contributed by atoms with Gasteiger partial charge in [0.2, 0.25) is 0 Å². The minimum absolute atomic E-state index is 0.188. The van der Waals surface area contributed by atoms with E-state index in [1.165, 1.54) is 17.7 Å². The van der Waals surface area contributed by atoms with Gasteiger partial charge in [0.15, 0.2) is 12.4 Å². The first-order valence-electron chi connectivity index (χ1n) is 8.69. The molecule has 2 heterocycles. The number of carbonyl (C=O) groups is 3. The van der Waals surface area contributed by atoms with E-state index in [1.807, 2.05) is 19.9 Å². The summed E-state index contributed by atoms with van der Waals surface area (Å²) >= 11 is 0. The number of fused-ring (bicyclic) bond motifs is 1. The summed E-state index contributed by atoms with van der Waals surface area (Å²) in [5.41, 5.74) is 2.31. The zero-order valence-electron chi connectivity index (χ0n) is 16.1. The molecule has 0 saturated carbocycles. The third kappa shape index (κ3) is 4.92. The van der Waals surface area contributed by atoms with Crippen molar-refractivity contribution in [3.8, 4) is 0 Å². The molecule has 0 aliphatic carbocycles. The molecule has 150 valence electrons. The molecule has 1 aromatic carbocycles. The fourth-order valence-corrected chi connectivity index (χ4v) is 2.65. The quantitative estimate of drug-likeness (QED) is 0.616. The van der Waals surface area contributed by atoms with Gasteiger partial charge in [-0.1, -0.05) is 6.07 Å². The van der Waals surface area contributed by atoms with Gasteiger partial charge < -0.3 is 14.8 Å². The van der Waals surface area contributed by atoms with E-state index >= 15 is 0 Å². The lowest BCUT2D eigenvalue weighted by Crippen LogP contribution is -2.22. The van der Waals surface area contributed by atoms with Crippen molar-refractivity contribution in [1.82, 2.24) is 19.6 Å². The fraction of sp³-hybridized carbons (Fsp3) is 0.263. The summed E-state index contributed by atoms with van der Waals surface area (Å²) in [6, 6.07) is 8.07. The van der Waals surface area contributed by atoms with Crippen LogP contribution in [0.15, 0.2) is 30.3 Å². The normalized spacial score (nSPS) is 10.6. The minimum Gasteiger partial charge on any atom is -0.465 e. The number of hydrogen-bond donors (Lipinski definition) is 1. The third-order valence-corrected chi connectivity index (χ3v) is 3.90. The number of rotatable bonds is 6. The molecule has 0 fully saturated rings. The standard InChI is InChI=1S/C19H19N5O5/c1-11-7-12(2)24-19(20-11)22-15(23-24)9-17(26)29-10-16(25)21-14-6-4-5-13(8-14)18(27)28-3/h4-8H,9-10H2,1-3H3,(H,21,25). The lowest BCUT2D eigenvalue weighted by molar-refractivity contribution is -0.146. The number of aryl methyl sites for hydroxylation is 2. The molecule has 0 radical (unpaired) electrons. The molecule has 3 aromatic rings. The van der Waals surface area contributed by atoms with E-state index < -0.39 is 24.5 Å². The van der Waals surface area contributed by atoms with Crippen LogP contribution in [0, 0.1) is 13.8 Å². The number of amides is 1. The first-order chi connectivity index (χ1) is 13.9. The van der Waals surface area contributed by atoms with E-state index in [2.05, 4.69) is 25.1 Å². The highest BCUT2D eigenvalue weighted by atomic mass is 16.5. The van der Waals surface area contributed by atoms with Gasteiger partial charge in [-0.3, -0.25) is 9.59 Å². The van der Waals surface area contributed by atoms with Crippen molar-refractivity contribution in [2.75, 3.05) is 19.0 Å². The maximum absolute atomic E-state index is 12.0. The predicted octanol–water partition coefficient (Wildman–Crippen LogP) is 1.25. The van der Waals surface area contributed by atoms with E-state index in [9.17, 15) is 14.4 Å². The van der Waals surface area contributed by atoms with Gasteiger partial charge in [-0.2, -0.15) is 4.98 Å². The van der Waals surface area contributed by atoms with Crippen molar-refractivity contribution in [3.63, 3.8) is 0 Å². The Bertz CT molecular complexity index is 1090. The number of benzene rings is 1. The molecule has 1 amide bonds. The molecule has 29 heavy (non-hydrogen) atoms. The average Bonchev–Trinajstić information content (AvgIpc) is 3.08. The Morgan fingerprint density at radius 2 is 1.93 bits per heavy atom. The Kier molecular flexibility index (Phi) is 5.82. The Morgan fingerprint density at radius 3 is 2.69 bits per heavy atom. The maximum Gasteiger partial charge on any atom is 0.337 e. The van der Waals surface area contributed by atoms with Crippen LogP contribution in [0.1, 0.15) is 27.6 Å². The number of hydrogen-bond acceptors (Lipinski definition) is 8. The van der Waals surface area contributed by atoms with Crippen molar-refractivity contribution >= 4 is 29.3 Å². The van der Waals surface area contributed by atoms with Crippen molar-refractivity contribution in [3.05, 3.63) is 53.1 Å². The monoisotopic (exact) mass is 397 g/mol. The summed E-state index contributed by atoms with van der Waals surface area (Å²) in [6.45, 7) is 3.22. The smallest absolute Gasteiger partial charge is 0.337 e. The van der Waals surface area contributed by atoms with Crippen molar-refractivity contribution < 1.29 is 23.9 Å². The van der Waals surface area contributed by atoms with Crippen LogP contribution in [0.3, 0.4) is 0 Å². The van der Waals surface area contributed by atoms with Gasteiger partial charge in [0.05, 0.1) is 12.7 Å². The number of methoxy groups -OCH3 is 1. The molecule has 0 aliphatic rings. The van der Waals surface area contributed by atoms with Crippen molar-refractivity contribution in [2.45, 2.75) is 20.3 Å². The fourth-order valence-electron chi connectivity index (χ4n) is 2.65. The van der Waals surface area contributed by atoms with Gasteiger partial charge in [-0.05, 0) is 38.1 Å². The van der Waals surface area contributed by atoms with Crippen LogP contribution in [0.25, 0.3) is 5.78 Å². The number of ether oxygens (including phenoxy) is 2. The summed E-state index contributed by atoms with van der Waals surface area (Å²) < 4.78 is 11.1. The third-order valence-electron chi connectivity index (χ3n) is 3.90. The van der Waals surface area contributed by atoms with Gasteiger partial charge in [0, 0.05) is 17.1 Å². The van der Waals surface area contributed by atoms with Crippen LogP contribution in [0.2, 0.25) is 0 Å². The average molecular weight is 397 g/mol. The molecule has 10 nitrogen and oxygen atoms in total. The summed E-state index contributed by atoms with van der Waals surface area (Å²) in [6.07, 6.45) is -0.188. The zero-order chi connectivity index (χ0) is 21.0. The second-order valence-corrected chi connectivity index (χ2v) is 6.24. The van der Waals surface area contributed by atoms with Gasteiger partial charge >= 0.3 is 11.9 Å². The van der Waals surface area contributed by atoms with Crippen LogP contribution in [0.5, 0.6) is 0 Å². The largest absolute Gasteiger partial charge is 0.465 e. The molecule has 2 aromatic heterocycles. The van der Waals surface area contributed by atoms with Crippen molar-refractivity contribution in [1.29, 1.82) is 0 Å². The number of anilines is 1. The maximum atomic E-state index is 12.0. The highest BCUT2D eigenvalue weighted by Crippen LogP contribution is 2.11. The first-order valence-corrected chi connectivity index (χ1v) is 8.69. The van der Waals surface area contributed by atoms with Gasteiger partial charge in [0.25, 0.3) is 11.7 Å². The summed E-state index contributed by atoms with van der Waals surface area (Å²) in [5.74, 6) is -1.06. The molecular formula is C19H19N5O5. The molecule has 0 saturated heterocycles. The van der Waals surface area contributed by atoms with Crippen LogP contribution in [-0.2, 0) is 25.5 Å². The zero-order valence-corrected chi connectivity index (χ0v) is 16.1. The highest BCUT2D eigenvalue weighted by Gasteiger charge is 2.14. The topological polar surface area (TPSA) is 125 Å². The molecule has 0 atom stereocenters. The lowest BCUT2D eigenvalue weighted by Gasteiger charge is -2.07. The van der Waals surface area contributed by atoms with E-state index in [0.29, 0.717) is 17.0 Å². The lowest BCUT2D eigenvalue weighted by atomic mass is 10.2.